The topological polar surface area (TPSA) is 122 Å². The fraction of sp³-hybridized carbons (Fsp3) is 0.275. The van der Waals surface area contributed by atoms with Crippen molar-refractivity contribution >= 4 is 11.9 Å². The Bertz CT molecular complexity index is 1870. The highest BCUT2D eigenvalue weighted by Crippen LogP contribution is 2.34. The van der Waals surface area contributed by atoms with Crippen LogP contribution in [0.1, 0.15) is 68.8 Å². The maximum atomic E-state index is 12.3. The third kappa shape index (κ3) is 8.01. The van der Waals surface area contributed by atoms with Crippen LogP contribution in [0, 0.1) is 6.92 Å². The molecule has 8 nitrogen and oxygen atoms in total. The number of pyridine rings is 3. The first-order valence-electron chi connectivity index (χ1n) is 16.6. The Morgan fingerprint density at radius 1 is 0.833 bits per heavy atom. The molecule has 0 atom stereocenters. The number of carbonyl (C=O) groups is 2. The lowest BCUT2D eigenvalue weighted by molar-refractivity contribution is -0.136. The highest BCUT2D eigenvalue weighted by Gasteiger charge is 2.22. The minimum Gasteiger partial charge on any atom is -0.481 e. The van der Waals surface area contributed by atoms with Crippen LogP contribution in [0.3, 0.4) is 0 Å². The van der Waals surface area contributed by atoms with Gasteiger partial charge in [0.05, 0.1) is 11.4 Å². The Balaban J connectivity index is 1.23. The molecule has 0 unspecified atom stereocenters. The molecule has 1 aliphatic rings. The molecular weight excluding hydrogens is 598 g/mol. The molecule has 244 valence electrons. The lowest BCUT2D eigenvalue weighted by Crippen LogP contribution is -2.24. The predicted molar refractivity (Wildman–Crippen MR) is 187 cm³/mol. The Morgan fingerprint density at radius 3 is 2.19 bits per heavy atom. The van der Waals surface area contributed by atoms with Crippen molar-refractivity contribution in [2.24, 2.45) is 5.73 Å². The van der Waals surface area contributed by atoms with Gasteiger partial charge in [-0.05, 0) is 104 Å². The van der Waals surface area contributed by atoms with Gasteiger partial charge in [0.1, 0.15) is 5.69 Å². The largest absolute Gasteiger partial charge is 0.481 e. The summed E-state index contributed by atoms with van der Waals surface area (Å²) in [7, 11) is 0. The highest BCUT2D eigenvalue weighted by atomic mass is 16.4. The number of amides is 1. The number of hydrogen-bond acceptors (Lipinski definition) is 6. The first-order chi connectivity index (χ1) is 23.3. The third-order valence-electron chi connectivity index (χ3n) is 8.96. The zero-order valence-corrected chi connectivity index (χ0v) is 27.4. The van der Waals surface area contributed by atoms with Crippen LogP contribution in [0.25, 0.3) is 22.5 Å². The maximum Gasteiger partial charge on any atom is 0.303 e. The maximum absolute atomic E-state index is 12.3. The van der Waals surface area contributed by atoms with E-state index in [2.05, 4.69) is 82.7 Å². The Morgan fingerprint density at radius 2 is 1.54 bits per heavy atom. The summed E-state index contributed by atoms with van der Waals surface area (Å²) in [5.74, 6) is -1.55. The number of aromatic nitrogens is 3. The van der Waals surface area contributed by atoms with Crippen LogP contribution in [0.4, 0.5) is 0 Å². The van der Waals surface area contributed by atoms with Gasteiger partial charge in [-0.25, -0.2) is 0 Å². The van der Waals surface area contributed by atoms with Gasteiger partial charge in [0.25, 0.3) is 5.91 Å². The van der Waals surface area contributed by atoms with Gasteiger partial charge in [-0.2, -0.15) is 0 Å². The molecule has 0 saturated carbocycles. The van der Waals surface area contributed by atoms with Crippen molar-refractivity contribution < 1.29 is 14.7 Å². The van der Waals surface area contributed by atoms with Gasteiger partial charge in [0, 0.05) is 48.7 Å². The number of hydrogen-bond donors (Lipinski definition) is 2. The summed E-state index contributed by atoms with van der Waals surface area (Å²) in [4.78, 5) is 40.2. The van der Waals surface area contributed by atoms with Crippen LogP contribution < -0.4 is 5.73 Å². The number of carbonyl (C=O) groups excluding carboxylic acids is 1. The molecule has 2 aromatic carbocycles. The predicted octanol–water partition coefficient (Wildman–Crippen LogP) is 6.75. The number of primary amides is 1. The molecule has 0 radical (unpaired) electrons. The van der Waals surface area contributed by atoms with Crippen LogP contribution in [-0.4, -0.2) is 43.4 Å². The molecule has 3 heterocycles. The summed E-state index contributed by atoms with van der Waals surface area (Å²) in [5, 5.41) is 9.14. The molecular formula is C40H41N5O3. The van der Waals surface area contributed by atoms with Crippen molar-refractivity contribution in [3.63, 3.8) is 0 Å². The van der Waals surface area contributed by atoms with E-state index in [0.717, 1.165) is 74.3 Å². The number of fused-ring (bicyclic) bond motifs is 1. The van der Waals surface area contributed by atoms with Crippen molar-refractivity contribution in [3.8, 4) is 22.5 Å². The summed E-state index contributed by atoms with van der Waals surface area (Å²) in [6.45, 7) is 4.70. The van der Waals surface area contributed by atoms with Crippen molar-refractivity contribution in [1.82, 2.24) is 19.9 Å². The van der Waals surface area contributed by atoms with Crippen LogP contribution in [-0.2, 0) is 43.6 Å². The van der Waals surface area contributed by atoms with E-state index in [0.29, 0.717) is 23.2 Å². The summed E-state index contributed by atoms with van der Waals surface area (Å²) in [6, 6.07) is 27.4. The van der Waals surface area contributed by atoms with Crippen molar-refractivity contribution in [2.75, 3.05) is 6.54 Å². The summed E-state index contributed by atoms with van der Waals surface area (Å²) >= 11 is 0. The highest BCUT2D eigenvalue weighted by molar-refractivity contribution is 5.98. The average molecular weight is 640 g/mol. The minimum atomic E-state index is -0.895. The van der Waals surface area contributed by atoms with Crippen molar-refractivity contribution in [3.05, 3.63) is 136 Å². The fourth-order valence-electron chi connectivity index (χ4n) is 6.65. The molecule has 0 aliphatic heterocycles. The standard InChI is InChI=1S/C40H41N5O3/c1-27-20-32(24-43-37(27)35-21-30(17-18-36(46)47)23-42-39(35)40(41)48)38-34-16-8-14-31(34)22-33(44-38)15-9-19-45(25-28-10-4-2-5-11-28)26-29-12-6-3-7-13-29/h2-7,10-13,20-24H,8-9,14-19,25-26H2,1H3,(H2,41,48)(H,46,47). The van der Waals surface area contributed by atoms with Crippen molar-refractivity contribution in [2.45, 2.75) is 65.0 Å². The zero-order chi connectivity index (χ0) is 33.5. The van der Waals surface area contributed by atoms with Crippen LogP contribution >= 0.6 is 0 Å². The second-order valence-electron chi connectivity index (χ2n) is 12.6. The van der Waals surface area contributed by atoms with Gasteiger partial charge in [-0.15, -0.1) is 0 Å². The molecule has 0 saturated heterocycles. The second-order valence-corrected chi connectivity index (χ2v) is 12.6. The summed E-state index contributed by atoms with van der Waals surface area (Å²) < 4.78 is 0. The molecule has 0 spiro atoms. The van der Waals surface area contributed by atoms with Crippen LogP contribution in [0.2, 0.25) is 0 Å². The zero-order valence-electron chi connectivity index (χ0n) is 27.4. The van der Waals surface area contributed by atoms with Gasteiger partial charge in [-0.3, -0.25) is 29.4 Å². The second kappa shape index (κ2) is 15.1. The molecule has 3 aromatic heterocycles. The van der Waals surface area contributed by atoms with E-state index in [1.165, 1.54) is 28.5 Å². The number of benzene rings is 2. The summed E-state index contributed by atoms with van der Waals surface area (Å²) in [5.41, 5.74) is 16.8. The first kappa shape index (κ1) is 32.7. The molecule has 1 aliphatic carbocycles. The lowest BCUT2D eigenvalue weighted by atomic mass is 9.97. The Kier molecular flexibility index (Phi) is 10.3. The van der Waals surface area contributed by atoms with Crippen LogP contribution in [0.15, 0.2) is 91.3 Å². The van der Waals surface area contributed by atoms with E-state index in [-0.39, 0.29) is 12.1 Å². The van der Waals surface area contributed by atoms with E-state index in [9.17, 15) is 9.59 Å². The Labute approximate surface area is 281 Å². The van der Waals surface area contributed by atoms with E-state index in [1.54, 1.807) is 6.07 Å². The monoisotopic (exact) mass is 639 g/mol. The fourth-order valence-corrected chi connectivity index (χ4v) is 6.65. The number of nitrogens with zero attached hydrogens (tertiary/aromatic N) is 4. The molecule has 0 fully saturated rings. The number of aliphatic carboxylic acids is 1. The molecule has 0 bridgehead atoms. The third-order valence-corrected chi connectivity index (χ3v) is 8.96. The number of rotatable bonds is 14. The number of aryl methyl sites for hydroxylation is 4. The van der Waals surface area contributed by atoms with Gasteiger partial charge in [-0.1, -0.05) is 60.7 Å². The van der Waals surface area contributed by atoms with Crippen molar-refractivity contribution in [1.29, 1.82) is 0 Å². The molecule has 5 aromatic rings. The SMILES string of the molecule is Cc1cc(-c2nc(CCCN(Cc3ccccc3)Cc3ccccc3)cc3c2CCC3)cnc1-c1cc(CCC(=O)O)cnc1C(N)=O. The van der Waals surface area contributed by atoms with E-state index in [1.807, 2.05) is 13.1 Å². The summed E-state index contributed by atoms with van der Waals surface area (Å²) in [6.07, 6.45) is 8.61. The molecule has 48 heavy (non-hydrogen) atoms. The van der Waals surface area contributed by atoms with Crippen LogP contribution in [0.5, 0.6) is 0 Å². The Hall–Kier alpha value is -5.21. The minimum absolute atomic E-state index is 0.0341. The van der Waals surface area contributed by atoms with Gasteiger partial charge in [0.15, 0.2) is 0 Å². The van der Waals surface area contributed by atoms with E-state index < -0.39 is 11.9 Å². The molecule has 1 amide bonds. The number of carboxylic acid groups (broad SMARTS) is 1. The van der Waals surface area contributed by atoms with E-state index in [4.69, 9.17) is 20.8 Å². The first-order valence-corrected chi connectivity index (χ1v) is 16.6. The lowest BCUT2D eigenvalue weighted by Gasteiger charge is -2.23. The quantitative estimate of drug-likeness (QED) is 0.138. The van der Waals surface area contributed by atoms with Gasteiger partial charge >= 0.3 is 5.97 Å². The molecule has 8 heteroatoms. The number of nitrogens with two attached hydrogens (primary N) is 1. The smallest absolute Gasteiger partial charge is 0.303 e. The molecule has 3 N–H and O–H groups in total. The molecule has 6 rings (SSSR count). The normalized spacial score (nSPS) is 12.3. The van der Waals surface area contributed by atoms with Gasteiger partial charge < -0.3 is 10.8 Å². The van der Waals surface area contributed by atoms with Gasteiger partial charge in [0.2, 0.25) is 0 Å². The van der Waals surface area contributed by atoms with E-state index >= 15 is 0 Å². The average Bonchev–Trinajstić information content (AvgIpc) is 3.56. The number of carboxylic acids is 1.